The minimum Gasteiger partial charge on any atom is -0.396 e. The molecule has 4 heteroatoms. The van der Waals surface area contributed by atoms with E-state index >= 15 is 0 Å². The Morgan fingerprint density at radius 1 is 1.80 bits per heavy atom. The Kier molecular flexibility index (Phi) is 2.59. The van der Waals surface area contributed by atoms with Gasteiger partial charge in [-0.25, -0.2) is 5.84 Å². The molecule has 0 radical (unpaired) electrons. The summed E-state index contributed by atoms with van der Waals surface area (Å²) in [4.78, 5) is 1.21. The summed E-state index contributed by atoms with van der Waals surface area (Å²) in [5.74, 6) is 6.39. The first-order valence-corrected chi connectivity index (χ1v) is 4.20. The molecular weight excluding hydrogens is 148 g/mol. The molecule has 0 saturated heterocycles. The van der Waals surface area contributed by atoms with E-state index in [1.807, 2.05) is 6.92 Å². The maximum atomic E-state index is 8.62. The smallest absolute Gasteiger partial charge is 0.0836 e. The Bertz CT molecular complexity index is 158. The van der Waals surface area contributed by atoms with Crippen LogP contribution in [0.2, 0.25) is 0 Å². The molecule has 0 spiro atoms. The van der Waals surface area contributed by atoms with Crippen LogP contribution in [-0.2, 0) is 0 Å². The molecule has 0 unspecified atom stereocenters. The van der Waals surface area contributed by atoms with Crippen LogP contribution in [0.1, 0.15) is 13.3 Å². The number of hydrogen-bond donors (Lipinski definition) is 2. The van der Waals surface area contributed by atoms with Crippen LogP contribution in [0.25, 0.3) is 0 Å². The fraction of sp³-hybridized carbons (Fsp3) is 0.667. The quantitative estimate of drug-likeness (QED) is 0.577. The molecule has 0 bridgehead atoms. The molecule has 1 aliphatic heterocycles. The van der Waals surface area contributed by atoms with Crippen molar-refractivity contribution in [1.82, 2.24) is 5.01 Å². The molecule has 3 nitrogen and oxygen atoms in total. The van der Waals surface area contributed by atoms with Crippen LogP contribution in [0.15, 0.2) is 10.6 Å². The van der Waals surface area contributed by atoms with Gasteiger partial charge in [0.25, 0.3) is 0 Å². The predicted octanol–water partition coefficient (Wildman–Crippen LogP) is 0.480. The molecular formula is C6H12N2OS. The SMILES string of the molecule is CC1=C(CCO)SCN1N. The van der Waals surface area contributed by atoms with Gasteiger partial charge in [0, 0.05) is 23.6 Å². The summed E-state index contributed by atoms with van der Waals surface area (Å²) in [6.45, 7) is 2.19. The van der Waals surface area contributed by atoms with Gasteiger partial charge >= 0.3 is 0 Å². The molecule has 1 rings (SSSR count). The van der Waals surface area contributed by atoms with Gasteiger partial charge in [0.2, 0.25) is 0 Å². The van der Waals surface area contributed by atoms with Crippen LogP contribution < -0.4 is 5.84 Å². The van der Waals surface area contributed by atoms with E-state index in [9.17, 15) is 0 Å². The highest BCUT2D eigenvalue weighted by molar-refractivity contribution is 8.03. The van der Waals surface area contributed by atoms with Gasteiger partial charge in [-0.3, -0.25) is 0 Å². The molecule has 0 aromatic rings. The average Bonchev–Trinajstić information content (AvgIpc) is 2.20. The van der Waals surface area contributed by atoms with Gasteiger partial charge in [-0.1, -0.05) is 0 Å². The van der Waals surface area contributed by atoms with E-state index in [-0.39, 0.29) is 6.61 Å². The molecule has 1 heterocycles. The zero-order valence-electron chi connectivity index (χ0n) is 6.00. The number of rotatable bonds is 2. The number of aliphatic hydroxyl groups is 1. The van der Waals surface area contributed by atoms with E-state index in [4.69, 9.17) is 10.9 Å². The van der Waals surface area contributed by atoms with Crippen molar-refractivity contribution in [2.24, 2.45) is 5.84 Å². The second kappa shape index (κ2) is 3.27. The minimum absolute atomic E-state index is 0.216. The summed E-state index contributed by atoms with van der Waals surface area (Å²) >= 11 is 1.70. The second-order valence-electron chi connectivity index (χ2n) is 2.23. The summed E-state index contributed by atoms with van der Waals surface area (Å²) in [6, 6.07) is 0. The lowest BCUT2D eigenvalue weighted by Gasteiger charge is -2.09. The van der Waals surface area contributed by atoms with Crippen LogP contribution in [-0.4, -0.2) is 22.6 Å². The maximum absolute atomic E-state index is 8.62. The van der Waals surface area contributed by atoms with E-state index in [0.29, 0.717) is 0 Å². The highest BCUT2D eigenvalue weighted by atomic mass is 32.2. The van der Waals surface area contributed by atoms with Gasteiger partial charge in [-0.2, -0.15) is 0 Å². The number of nitrogens with two attached hydrogens (primary N) is 1. The monoisotopic (exact) mass is 160 g/mol. The molecule has 0 aliphatic carbocycles. The predicted molar refractivity (Wildman–Crippen MR) is 42.9 cm³/mol. The fourth-order valence-corrected chi connectivity index (χ4v) is 1.91. The first-order valence-electron chi connectivity index (χ1n) is 3.21. The summed E-state index contributed by atoms with van der Waals surface area (Å²) < 4.78 is 0. The second-order valence-corrected chi connectivity index (χ2v) is 3.27. The van der Waals surface area contributed by atoms with E-state index in [1.165, 1.54) is 4.91 Å². The van der Waals surface area contributed by atoms with Crippen molar-refractivity contribution in [3.05, 3.63) is 10.6 Å². The molecule has 0 amide bonds. The normalized spacial score (nSPS) is 18.9. The van der Waals surface area contributed by atoms with Gasteiger partial charge in [0.15, 0.2) is 0 Å². The summed E-state index contributed by atoms with van der Waals surface area (Å²) in [6.07, 6.45) is 0.740. The Hall–Kier alpha value is -0.190. The van der Waals surface area contributed by atoms with Crippen molar-refractivity contribution >= 4 is 11.8 Å². The number of allylic oxidation sites excluding steroid dienone is 1. The standard InChI is InChI=1S/C6H12N2OS/c1-5-6(2-3-9)10-4-8(5)7/h9H,2-4,7H2,1H3. The topological polar surface area (TPSA) is 49.5 Å². The van der Waals surface area contributed by atoms with Crippen molar-refractivity contribution < 1.29 is 5.11 Å². The lowest BCUT2D eigenvalue weighted by Crippen LogP contribution is -2.25. The number of hydrogen-bond acceptors (Lipinski definition) is 4. The first-order chi connectivity index (χ1) is 4.75. The third kappa shape index (κ3) is 1.45. The molecule has 0 atom stereocenters. The van der Waals surface area contributed by atoms with Gasteiger partial charge in [0.1, 0.15) is 0 Å². The zero-order chi connectivity index (χ0) is 7.56. The molecule has 3 N–H and O–H groups in total. The fourth-order valence-electron chi connectivity index (χ4n) is 0.864. The lowest BCUT2D eigenvalue weighted by atomic mass is 10.3. The van der Waals surface area contributed by atoms with E-state index in [0.717, 1.165) is 18.0 Å². The van der Waals surface area contributed by atoms with Crippen LogP contribution >= 0.6 is 11.8 Å². The summed E-state index contributed by atoms with van der Waals surface area (Å²) in [7, 11) is 0. The van der Waals surface area contributed by atoms with Crippen molar-refractivity contribution in [2.45, 2.75) is 13.3 Å². The first kappa shape index (κ1) is 7.91. The summed E-state index contributed by atoms with van der Waals surface area (Å²) in [5.41, 5.74) is 1.10. The number of hydrazine groups is 1. The van der Waals surface area contributed by atoms with Crippen LogP contribution in [0.3, 0.4) is 0 Å². The Morgan fingerprint density at radius 3 is 2.90 bits per heavy atom. The third-order valence-corrected chi connectivity index (χ3v) is 2.81. The zero-order valence-corrected chi connectivity index (χ0v) is 6.82. The number of thioether (sulfide) groups is 1. The average molecular weight is 160 g/mol. The largest absolute Gasteiger partial charge is 0.396 e. The number of aliphatic hydroxyl groups excluding tert-OH is 1. The molecule has 0 saturated carbocycles. The van der Waals surface area contributed by atoms with Gasteiger partial charge in [0.05, 0.1) is 5.88 Å². The number of nitrogens with zero attached hydrogens (tertiary/aromatic N) is 1. The third-order valence-electron chi connectivity index (χ3n) is 1.55. The Balaban J connectivity index is 2.56. The van der Waals surface area contributed by atoms with Crippen LogP contribution in [0.4, 0.5) is 0 Å². The molecule has 1 aliphatic rings. The highest BCUT2D eigenvalue weighted by Gasteiger charge is 2.15. The van der Waals surface area contributed by atoms with E-state index in [1.54, 1.807) is 16.8 Å². The van der Waals surface area contributed by atoms with Crippen molar-refractivity contribution in [3.8, 4) is 0 Å². The van der Waals surface area contributed by atoms with Gasteiger partial charge in [-0.15, -0.1) is 11.8 Å². The van der Waals surface area contributed by atoms with Gasteiger partial charge < -0.3 is 10.1 Å². The van der Waals surface area contributed by atoms with Crippen LogP contribution in [0, 0.1) is 0 Å². The Labute approximate surface area is 64.9 Å². The molecule has 0 aromatic carbocycles. The van der Waals surface area contributed by atoms with E-state index < -0.39 is 0 Å². The molecule has 58 valence electrons. The minimum atomic E-state index is 0.216. The van der Waals surface area contributed by atoms with Gasteiger partial charge in [-0.05, 0) is 6.92 Å². The Morgan fingerprint density at radius 2 is 2.50 bits per heavy atom. The molecule has 0 aromatic heterocycles. The van der Waals surface area contributed by atoms with Crippen molar-refractivity contribution in [2.75, 3.05) is 12.5 Å². The summed E-state index contributed by atoms with van der Waals surface area (Å²) in [5, 5.41) is 10.3. The molecule has 10 heavy (non-hydrogen) atoms. The maximum Gasteiger partial charge on any atom is 0.0836 e. The van der Waals surface area contributed by atoms with Crippen molar-refractivity contribution in [1.29, 1.82) is 0 Å². The van der Waals surface area contributed by atoms with Crippen LogP contribution in [0.5, 0.6) is 0 Å². The van der Waals surface area contributed by atoms with Crippen molar-refractivity contribution in [3.63, 3.8) is 0 Å². The molecule has 0 fully saturated rings. The highest BCUT2D eigenvalue weighted by Crippen LogP contribution is 2.31. The lowest BCUT2D eigenvalue weighted by molar-refractivity contribution is 0.300. The van der Waals surface area contributed by atoms with E-state index in [2.05, 4.69) is 0 Å².